The normalized spacial score (nSPS) is 11.2. The minimum atomic E-state index is -0.641. The first-order valence-electron chi connectivity index (χ1n) is 5.63. The lowest BCUT2D eigenvalue weighted by Gasteiger charge is -2.13. The van der Waals surface area contributed by atoms with Gasteiger partial charge in [0, 0.05) is 17.7 Å². The van der Waals surface area contributed by atoms with E-state index < -0.39 is 11.6 Å². The van der Waals surface area contributed by atoms with E-state index in [2.05, 4.69) is 10.2 Å². The monoisotopic (exact) mass is 252 g/mol. The summed E-state index contributed by atoms with van der Waals surface area (Å²) in [6.45, 7) is 4.09. The van der Waals surface area contributed by atoms with Gasteiger partial charge in [-0.05, 0) is 26.0 Å². The SMILES string of the molecule is CC(C)n1c(CN)nnc1-c1cc(F)cc(F)c1. The molecule has 6 heteroatoms. The van der Waals surface area contributed by atoms with Crippen LogP contribution in [0.1, 0.15) is 25.7 Å². The Morgan fingerprint density at radius 3 is 2.28 bits per heavy atom. The molecule has 0 fully saturated rings. The van der Waals surface area contributed by atoms with Crippen LogP contribution < -0.4 is 5.73 Å². The topological polar surface area (TPSA) is 56.7 Å². The Bertz CT molecular complexity index is 543. The van der Waals surface area contributed by atoms with Gasteiger partial charge in [0.15, 0.2) is 5.82 Å². The Hall–Kier alpha value is -1.82. The van der Waals surface area contributed by atoms with Gasteiger partial charge < -0.3 is 10.3 Å². The zero-order valence-corrected chi connectivity index (χ0v) is 10.2. The summed E-state index contributed by atoms with van der Waals surface area (Å²) in [5, 5.41) is 7.89. The maximum absolute atomic E-state index is 13.2. The van der Waals surface area contributed by atoms with Crippen LogP contribution >= 0.6 is 0 Å². The molecular weight excluding hydrogens is 238 g/mol. The minimum absolute atomic E-state index is 0.0554. The first-order valence-corrected chi connectivity index (χ1v) is 5.63. The van der Waals surface area contributed by atoms with Crippen LogP contribution in [0, 0.1) is 11.6 Å². The molecule has 1 heterocycles. The smallest absolute Gasteiger partial charge is 0.164 e. The van der Waals surface area contributed by atoms with Crippen molar-refractivity contribution >= 4 is 0 Å². The summed E-state index contributed by atoms with van der Waals surface area (Å²) in [5.74, 6) is -0.274. The molecule has 2 N–H and O–H groups in total. The lowest BCUT2D eigenvalue weighted by atomic mass is 10.2. The Kier molecular flexibility index (Phi) is 3.38. The highest BCUT2D eigenvalue weighted by molar-refractivity contribution is 5.55. The number of benzene rings is 1. The van der Waals surface area contributed by atoms with Gasteiger partial charge in [0.05, 0.1) is 6.54 Å². The highest BCUT2D eigenvalue weighted by Crippen LogP contribution is 2.23. The van der Waals surface area contributed by atoms with Crippen molar-refractivity contribution in [3.63, 3.8) is 0 Å². The Morgan fingerprint density at radius 1 is 1.17 bits per heavy atom. The van der Waals surface area contributed by atoms with Crippen LogP contribution in [0.4, 0.5) is 8.78 Å². The molecular formula is C12H14F2N4. The summed E-state index contributed by atoms with van der Waals surface area (Å²) in [6, 6.07) is 3.34. The first-order chi connectivity index (χ1) is 8.52. The molecule has 0 aliphatic rings. The molecule has 0 spiro atoms. The van der Waals surface area contributed by atoms with Crippen molar-refractivity contribution in [1.29, 1.82) is 0 Å². The minimum Gasteiger partial charge on any atom is -0.324 e. The van der Waals surface area contributed by atoms with Crippen molar-refractivity contribution in [3.8, 4) is 11.4 Å². The molecule has 0 radical (unpaired) electrons. The van der Waals surface area contributed by atoms with E-state index in [1.807, 2.05) is 13.8 Å². The molecule has 0 bridgehead atoms. The Labute approximate surface area is 103 Å². The quantitative estimate of drug-likeness (QED) is 0.911. The Balaban J connectivity index is 2.60. The molecule has 1 aromatic carbocycles. The van der Waals surface area contributed by atoms with E-state index in [0.717, 1.165) is 6.07 Å². The molecule has 0 atom stereocenters. The number of rotatable bonds is 3. The standard InChI is InChI=1S/C12H14F2N4/c1-7(2)18-11(6-15)16-17-12(18)8-3-9(13)5-10(14)4-8/h3-5,7H,6,15H2,1-2H3. The van der Waals surface area contributed by atoms with Crippen molar-refractivity contribution in [2.45, 2.75) is 26.4 Å². The summed E-state index contributed by atoms with van der Waals surface area (Å²) in [4.78, 5) is 0. The number of aromatic nitrogens is 3. The van der Waals surface area contributed by atoms with Crippen LogP contribution in [-0.4, -0.2) is 14.8 Å². The largest absolute Gasteiger partial charge is 0.324 e. The van der Waals surface area contributed by atoms with Gasteiger partial charge in [0.1, 0.15) is 17.5 Å². The molecule has 2 rings (SSSR count). The molecule has 0 saturated heterocycles. The van der Waals surface area contributed by atoms with Gasteiger partial charge in [-0.25, -0.2) is 8.78 Å². The second-order valence-electron chi connectivity index (χ2n) is 4.27. The third kappa shape index (κ3) is 2.24. The van der Waals surface area contributed by atoms with E-state index in [9.17, 15) is 8.78 Å². The zero-order chi connectivity index (χ0) is 13.3. The summed E-state index contributed by atoms with van der Waals surface area (Å²) >= 11 is 0. The van der Waals surface area contributed by atoms with Gasteiger partial charge in [-0.3, -0.25) is 0 Å². The number of nitrogens with two attached hydrogens (primary N) is 1. The van der Waals surface area contributed by atoms with E-state index in [4.69, 9.17) is 5.73 Å². The van der Waals surface area contributed by atoms with Gasteiger partial charge in [-0.1, -0.05) is 0 Å². The fraction of sp³-hybridized carbons (Fsp3) is 0.333. The maximum Gasteiger partial charge on any atom is 0.164 e. The van der Waals surface area contributed by atoms with Crippen molar-refractivity contribution < 1.29 is 8.78 Å². The third-order valence-electron chi connectivity index (χ3n) is 2.59. The second-order valence-corrected chi connectivity index (χ2v) is 4.27. The highest BCUT2D eigenvalue weighted by atomic mass is 19.1. The summed E-state index contributed by atoms with van der Waals surface area (Å²) < 4.78 is 28.2. The predicted molar refractivity (Wildman–Crippen MR) is 63.7 cm³/mol. The number of halogens is 2. The third-order valence-corrected chi connectivity index (χ3v) is 2.59. The van der Waals surface area contributed by atoms with Crippen LogP contribution in [-0.2, 0) is 6.54 Å². The van der Waals surface area contributed by atoms with Crippen LogP contribution in [0.2, 0.25) is 0 Å². The zero-order valence-electron chi connectivity index (χ0n) is 10.2. The number of hydrogen-bond acceptors (Lipinski definition) is 3. The molecule has 18 heavy (non-hydrogen) atoms. The average molecular weight is 252 g/mol. The van der Waals surface area contributed by atoms with E-state index in [1.54, 1.807) is 4.57 Å². The maximum atomic E-state index is 13.2. The number of nitrogens with zero attached hydrogens (tertiary/aromatic N) is 3. The number of hydrogen-bond donors (Lipinski definition) is 1. The van der Waals surface area contributed by atoms with Crippen molar-refractivity contribution in [1.82, 2.24) is 14.8 Å². The molecule has 0 amide bonds. The Morgan fingerprint density at radius 2 is 1.78 bits per heavy atom. The lowest BCUT2D eigenvalue weighted by Crippen LogP contribution is -2.11. The molecule has 4 nitrogen and oxygen atoms in total. The summed E-state index contributed by atoms with van der Waals surface area (Å²) in [7, 11) is 0. The fourth-order valence-electron chi connectivity index (χ4n) is 1.89. The van der Waals surface area contributed by atoms with E-state index in [-0.39, 0.29) is 12.6 Å². The molecule has 1 aromatic heterocycles. The highest BCUT2D eigenvalue weighted by Gasteiger charge is 2.16. The van der Waals surface area contributed by atoms with Crippen molar-refractivity contribution in [2.75, 3.05) is 0 Å². The van der Waals surface area contributed by atoms with Gasteiger partial charge in [0.25, 0.3) is 0 Å². The molecule has 0 unspecified atom stereocenters. The van der Waals surface area contributed by atoms with Crippen LogP contribution in [0.25, 0.3) is 11.4 Å². The summed E-state index contributed by atoms with van der Waals surface area (Å²) in [6.07, 6.45) is 0. The molecule has 2 aromatic rings. The van der Waals surface area contributed by atoms with Gasteiger partial charge in [-0.2, -0.15) is 0 Å². The van der Waals surface area contributed by atoms with Gasteiger partial charge in [-0.15, -0.1) is 10.2 Å². The molecule has 0 aliphatic carbocycles. The van der Waals surface area contributed by atoms with E-state index >= 15 is 0 Å². The van der Waals surface area contributed by atoms with Crippen LogP contribution in [0.3, 0.4) is 0 Å². The van der Waals surface area contributed by atoms with E-state index in [0.29, 0.717) is 17.2 Å². The van der Waals surface area contributed by atoms with Crippen LogP contribution in [0.5, 0.6) is 0 Å². The van der Waals surface area contributed by atoms with E-state index in [1.165, 1.54) is 12.1 Å². The lowest BCUT2D eigenvalue weighted by molar-refractivity contribution is 0.569. The fourth-order valence-corrected chi connectivity index (χ4v) is 1.89. The van der Waals surface area contributed by atoms with Gasteiger partial charge in [0.2, 0.25) is 0 Å². The van der Waals surface area contributed by atoms with Gasteiger partial charge >= 0.3 is 0 Å². The van der Waals surface area contributed by atoms with Crippen LogP contribution in [0.15, 0.2) is 18.2 Å². The van der Waals surface area contributed by atoms with Crippen molar-refractivity contribution in [3.05, 3.63) is 35.7 Å². The molecule has 96 valence electrons. The predicted octanol–water partition coefficient (Wildman–Crippen LogP) is 2.26. The summed E-state index contributed by atoms with van der Waals surface area (Å²) in [5.41, 5.74) is 5.92. The van der Waals surface area contributed by atoms with Crippen molar-refractivity contribution in [2.24, 2.45) is 5.73 Å². The first kappa shape index (κ1) is 12.6. The molecule has 0 saturated carbocycles. The second kappa shape index (κ2) is 4.81. The average Bonchev–Trinajstić information content (AvgIpc) is 2.71. The molecule has 0 aliphatic heterocycles.